The van der Waals surface area contributed by atoms with Crippen molar-refractivity contribution in [3.63, 3.8) is 0 Å². The second-order valence-corrected chi connectivity index (χ2v) is 5.35. The van der Waals surface area contributed by atoms with Crippen LogP contribution in [0.1, 0.15) is 38.3 Å². The first kappa shape index (κ1) is 16.0. The number of aliphatic hydroxyl groups excluding tert-OH is 1. The van der Waals surface area contributed by atoms with E-state index in [9.17, 15) is 5.11 Å². The van der Waals surface area contributed by atoms with Gasteiger partial charge in [-0.3, -0.25) is 0 Å². The van der Waals surface area contributed by atoms with Gasteiger partial charge in [0.25, 0.3) is 0 Å². The van der Waals surface area contributed by atoms with E-state index in [4.69, 9.17) is 5.73 Å². The number of nitrogens with one attached hydrogen (secondary N) is 1. The van der Waals surface area contributed by atoms with Crippen LogP contribution < -0.4 is 5.73 Å². The van der Waals surface area contributed by atoms with E-state index in [0.717, 1.165) is 29.3 Å². The van der Waals surface area contributed by atoms with Gasteiger partial charge in [0.15, 0.2) is 0 Å². The molecular weight excluding hydrogens is 260 g/mol. The lowest BCUT2D eigenvalue weighted by Gasteiger charge is -2.20. The Morgan fingerprint density at radius 3 is 2.63 bits per heavy atom. The molecule has 106 valence electrons. The average Bonchev–Trinajstić information content (AvgIpc) is 2.82. The van der Waals surface area contributed by atoms with E-state index in [1.807, 2.05) is 30.5 Å². The number of hydrogen-bond acceptors (Lipinski definition) is 2. The molecule has 1 aromatic carbocycles. The predicted molar refractivity (Wildman–Crippen MR) is 82.6 cm³/mol. The molecule has 0 unspecified atom stereocenters. The summed E-state index contributed by atoms with van der Waals surface area (Å²) in [4.78, 5) is 3.17. The first-order valence-electron chi connectivity index (χ1n) is 6.59. The van der Waals surface area contributed by atoms with E-state index in [1.54, 1.807) is 0 Å². The number of aliphatic hydroxyl groups is 1. The van der Waals surface area contributed by atoms with Crippen LogP contribution in [0.25, 0.3) is 10.9 Å². The molecule has 1 heterocycles. The zero-order valence-electron chi connectivity index (χ0n) is 11.5. The van der Waals surface area contributed by atoms with Crippen LogP contribution in [0.3, 0.4) is 0 Å². The molecule has 0 amide bonds. The molecule has 2 rings (SSSR count). The molecule has 0 spiro atoms. The Bertz CT molecular complexity index is 510. The van der Waals surface area contributed by atoms with Gasteiger partial charge in [0.2, 0.25) is 0 Å². The van der Waals surface area contributed by atoms with E-state index in [1.165, 1.54) is 0 Å². The molecule has 2 atom stereocenters. The summed E-state index contributed by atoms with van der Waals surface area (Å²) in [6, 6.07) is 7.69. The summed E-state index contributed by atoms with van der Waals surface area (Å²) in [6.45, 7) is 4.32. The van der Waals surface area contributed by atoms with Crippen molar-refractivity contribution in [1.29, 1.82) is 0 Å². The predicted octanol–water partition coefficient (Wildman–Crippen LogP) is 3.39. The molecule has 0 bridgehead atoms. The number of benzene rings is 1. The molecule has 0 saturated carbocycles. The lowest BCUT2D eigenvalue weighted by atomic mass is 9.94. The third-order valence-corrected chi connectivity index (χ3v) is 3.44. The summed E-state index contributed by atoms with van der Waals surface area (Å²) in [6.07, 6.45) is 3.17. The molecule has 2 aromatic rings. The Morgan fingerprint density at radius 2 is 1.95 bits per heavy atom. The van der Waals surface area contributed by atoms with Gasteiger partial charge in [-0.15, -0.1) is 12.4 Å². The molecule has 0 aliphatic rings. The minimum atomic E-state index is -0.479. The summed E-state index contributed by atoms with van der Waals surface area (Å²) >= 11 is 0. The topological polar surface area (TPSA) is 62.0 Å². The molecule has 19 heavy (non-hydrogen) atoms. The molecule has 4 N–H and O–H groups in total. The molecular formula is C15H23ClN2O. The zero-order chi connectivity index (χ0) is 13.1. The largest absolute Gasteiger partial charge is 0.391 e. The highest BCUT2D eigenvalue weighted by atomic mass is 35.5. The number of hydrogen-bond donors (Lipinski definition) is 3. The Kier molecular flexibility index (Phi) is 5.85. The summed E-state index contributed by atoms with van der Waals surface area (Å²) in [5.74, 6) is 0.593. The maximum atomic E-state index is 10.2. The molecule has 0 aliphatic heterocycles. The number of halogens is 1. The van der Waals surface area contributed by atoms with Crippen molar-refractivity contribution >= 4 is 23.3 Å². The van der Waals surface area contributed by atoms with E-state index in [0.29, 0.717) is 5.92 Å². The van der Waals surface area contributed by atoms with E-state index < -0.39 is 6.10 Å². The van der Waals surface area contributed by atoms with Crippen molar-refractivity contribution in [3.05, 3.63) is 36.0 Å². The summed E-state index contributed by atoms with van der Waals surface area (Å²) in [5.41, 5.74) is 8.27. The van der Waals surface area contributed by atoms with Crippen molar-refractivity contribution in [2.45, 2.75) is 38.8 Å². The summed E-state index contributed by atoms with van der Waals surface area (Å²) in [7, 11) is 0. The second-order valence-electron chi connectivity index (χ2n) is 5.35. The lowest BCUT2D eigenvalue weighted by molar-refractivity contribution is 0.129. The zero-order valence-corrected chi connectivity index (χ0v) is 12.3. The first-order valence-corrected chi connectivity index (χ1v) is 6.59. The van der Waals surface area contributed by atoms with Gasteiger partial charge >= 0.3 is 0 Å². The Morgan fingerprint density at radius 1 is 1.21 bits per heavy atom. The molecule has 0 radical (unpaired) electrons. The van der Waals surface area contributed by atoms with Crippen LogP contribution in [-0.2, 0) is 0 Å². The van der Waals surface area contributed by atoms with Crippen LogP contribution >= 0.6 is 12.4 Å². The van der Waals surface area contributed by atoms with Crippen molar-refractivity contribution in [2.24, 2.45) is 11.7 Å². The summed E-state index contributed by atoms with van der Waals surface area (Å²) in [5, 5.41) is 11.3. The first-order chi connectivity index (χ1) is 8.59. The second kappa shape index (κ2) is 6.94. The number of aromatic amines is 1. The van der Waals surface area contributed by atoms with Gasteiger partial charge < -0.3 is 15.8 Å². The minimum Gasteiger partial charge on any atom is -0.391 e. The third-order valence-electron chi connectivity index (χ3n) is 3.44. The Balaban J connectivity index is 0.00000180. The highest BCUT2D eigenvalue weighted by Gasteiger charge is 2.19. The fourth-order valence-corrected chi connectivity index (χ4v) is 2.29. The van der Waals surface area contributed by atoms with Gasteiger partial charge in [-0.25, -0.2) is 0 Å². The smallest absolute Gasteiger partial charge is 0.0733 e. The Hall–Kier alpha value is -1.03. The van der Waals surface area contributed by atoms with Gasteiger partial charge in [-0.2, -0.15) is 0 Å². The number of rotatable bonds is 5. The van der Waals surface area contributed by atoms with Crippen LogP contribution in [0, 0.1) is 5.92 Å². The van der Waals surface area contributed by atoms with Crippen molar-refractivity contribution in [2.75, 3.05) is 0 Å². The van der Waals surface area contributed by atoms with Crippen LogP contribution in [0.2, 0.25) is 0 Å². The van der Waals surface area contributed by atoms with Gasteiger partial charge in [0.05, 0.1) is 12.1 Å². The van der Waals surface area contributed by atoms with E-state index in [-0.39, 0.29) is 18.4 Å². The van der Waals surface area contributed by atoms with Crippen LogP contribution in [-0.4, -0.2) is 16.2 Å². The number of aromatic nitrogens is 1. The quantitative estimate of drug-likeness (QED) is 0.787. The number of fused-ring (bicyclic) bond motifs is 1. The lowest BCUT2D eigenvalue weighted by Crippen LogP contribution is -2.26. The monoisotopic (exact) mass is 282 g/mol. The SMILES string of the molecule is CC(C)CC[C@H](O)[C@H](N)c1cccc2[nH]ccc12.Cl. The van der Waals surface area contributed by atoms with Crippen molar-refractivity contribution in [3.8, 4) is 0 Å². The van der Waals surface area contributed by atoms with E-state index in [2.05, 4.69) is 18.8 Å². The fourth-order valence-electron chi connectivity index (χ4n) is 2.29. The average molecular weight is 283 g/mol. The molecule has 3 nitrogen and oxygen atoms in total. The molecule has 0 aliphatic carbocycles. The maximum absolute atomic E-state index is 10.2. The molecule has 0 saturated heterocycles. The number of H-pyrrole nitrogens is 1. The van der Waals surface area contributed by atoms with Gasteiger partial charge in [-0.05, 0) is 36.5 Å². The Labute approximate surface area is 120 Å². The molecule has 4 heteroatoms. The maximum Gasteiger partial charge on any atom is 0.0733 e. The standard InChI is InChI=1S/C15H22N2O.ClH/c1-10(2)6-7-14(18)15(16)12-4-3-5-13-11(12)8-9-17-13;/h3-5,8-10,14-15,17-18H,6-7,16H2,1-2H3;1H/t14-,15+;/m0./s1. The molecule has 0 fully saturated rings. The van der Waals surface area contributed by atoms with Gasteiger partial charge in [0.1, 0.15) is 0 Å². The van der Waals surface area contributed by atoms with Crippen LogP contribution in [0.4, 0.5) is 0 Å². The van der Waals surface area contributed by atoms with Crippen LogP contribution in [0.5, 0.6) is 0 Å². The highest BCUT2D eigenvalue weighted by molar-refractivity contribution is 5.85. The minimum absolute atomic E-state index is 0. The third kappa shape index (κ3) is 3.72. The van der Waals surface area contributed by atoms with Crippen molar-refractivity contribution in [1.82, 2.24) is 4.98 Å². The van der Waals surface area contributed by atoms with Gasteiger partial charge in [-0.1, -0.05) is 26.0 Å². The normalized spacial score (nSPS) is 14.4. The summed E-state index contributed by atoms with van der Waals surface area (Å²) < 4.78 is 0. The fraction of sp³-hybridized carbons (Fsp3) is 0.467. The van der Waals surface area contributed by atoms with Crippen LogP contribution in [0.15, 0.2) is 30.5 Å². The molecule has 1 aromatic heterocycles. The highest BCUT2D eigenvalue weighted by Crippen LogP contribution is 2.26. The van der Waals surface area contributed by atoms with Gasteiger partial charge in [0, 0.05) is 17.1 Å². The van der Waals surface area contributed by atoms with E-state index >= 15 is 0 Å². The van der Waals surface area contributed by atoms with Crippen molar-refractivity contribution < 1.29 is 5.11 Å². The number of nitrogens with two attached hydrogens (primary N) is 1.